The molecule has 0 unspecified atom stereocenters. The van der Waals surface area contributed by atoms with Gasteiger partial charge in [-0.05, 0) is 18.2 Å². The lowest BCUT2D eigenvalue weighted by atomic mass is 10.2. The van der Waals surface area contributed by atoms with Crippen molar-refractivity contribution in [2.45, 2.75) is 6.18 Å². The standard InChI is InChI=1S/C9H7ClF3NO3/c10-7-2-1-5(15)3-6(7)8(16)14-17-4-9(11,12)13/h1-3,15H,4H2,(H,14,16). The first-order valence-electron chi connectivity index (χ1n) is 4.27. The number of nitrogens with one attached hydrogen (secondary N) is 1. The Balaban J connectivity index is 2.61. The third-order valence-electron chi connectivity index (χ3n) is 1.60. The summed E-state index contributed by atoms with van der Waals surface area (Å²) in [6.07, 6.45) is -4.55. The van der Waals surface area contributed by atoms with E-state index in [0.29, 0.717) is 0 Å². The number of halogens is 4. The molecule has 4 nitrogen and oxygen atoms in total. The summed E-state index contributed by atoms with van der Waals surface area (Å²) in [5.74, 6) is -1.22. The van der Waals surface area contributed by atoms with Crippen molar-refractivity contribution in [3.63, 3.8) is 0 Å². The van der Waals surface area contributed by atoms with E-state index < -0.39 is 18.7 Å². The van der Waals surface area contributed by atoms with E-state index in [4.69, 9.17) is 16.7 Å². The molecule has 1 rings (SSSR count). The van der Waals surface area contributed by atoms with Gasteiger partial charge in [0, 0.05) is 0 Å². The summed E-state index contributed by atoms with van der Waals surface area (Å²) in [4.78, 5) is 15.2. The van der Waals surface area contributed by atoms with E-state index in [1.54, 1.807) is 5.48 Å². The van der Waals surface area contributed by atoms with Crippen LogP contribution < -0.4 is 5.48 Å². The van der Waals surface area contributed by atoms with Gasteiger partial charge in [0.2, 0.25) is 0 Å². The van der Waals surface area contributed by atoms with E-state index in [1.165, 1.54) is 12.1 Å². The molecule has 0 saturated carbocycles. The van der Waals surface area contributed by atoms with Crippen LogP contribution in [0.3, 0.4) is 0 Å². The maximum absolute atomic E-state index is 11.7. The first kappa shape index (κ1) is 13.6. The lowest BCUT2D eigenvalue weighted by Gasteiger charge is -2.09. The van der Waals surface area contributed by atoms with E-state index >= 15 is 0 Å². The molecule has 0 radical (unpaired) electrons. The summed E-state index contributed by atoms with van der Waals surface area (Å²) >= 11 is 5.61. The Labute approximate surface area is 98.9 Å². The molecule has 0 saturated heterocycles. The van der Waals surface area contributed by atoms with Gasteiger partial charge in [-0.1, -0.05) is 11.6 Å². The Kier molecular flexibility index (Phi) is 4.19. The third-order valence-corrected chi connectivity index (χ3v) is 1.92. The first-order chi connectivity index (χ1) is 7.79. The summed E-state index contributed by atoms with van der Waals surface area (Å²) in [5, 5.41) is 9.06. The maximum atomic E-state index is 11.7. The second-order valence-corrected chi connectivity index (χ2v) is 3.41. The molecule has 8 heteroatoms. The number of hydroxylamine groups is 1. The molecule has 94 valence electrons. The van der Waals surface area contributed by atoms with Crippen LogP contribution in [-0.2, 0) is 4.84 Å². The number of aromatic hydroxyl groups is 1. The van der Waals surface area contributed by atoms with Crippen LogP contribution in [0.15, 0.2) is 18.2 Å². The highest BCUT2D eigenvalue weighted by Gasteiger charge is 2.28. The monoisotopic (exact) mass is 269 g/mol. The van der Waals surface area contributed by atoms with Crippen LogP contribution in [-0.4, -0.2) is 23.8 Å². The molecule has 1 aromatic carbocycles. The van der Waals surface area contributed by atoms with Crippen LogP contribution in [0.5, 0.6) is 5.75 Å². The van der Waals surface area contributed by atoms with Crippen molar-refractivity contribution < 1.29 is 27.9 Å². The minimum absolute atomic E-state index is 0.0177. The summed E-state index contributed by atoms with van der Waals surface area (Å²) in [6, 6.07) is 3.47. The molecule has 0 fully saturated rings. The second kappa shape index (κ2) is 5.24. The van der Waals surface area contributed by atoms with Crippen molar-refractivity contribution in [3.8, 4) is 5.75 Å². The van der Waals surface area contributed by atoms with E-state index in [1.807, 2.05) is 0 Å². The van der Waals surface area contributed by atoms with E-state index in [2.05, 4.69) is 4.84 Å². The van der Waals surface area contributed by atoms with Gasteiger partial charge >= 0.3 is 6.18 Å². The summed E-state index contributed by atoms with van der Waals surface area (Å²) in [6.45, 7) is -1.62. The minimum Gasteiger partial charge on any atom is -0.508 e. The molecule has 0 heterocycles. The smallest absolute Gasteiger partial charge is 0.414 e. The van der Waals surface area contributed by atoms with Crippen LogP contribution >= 0.6 is 11.6 Å². The second-order valence-electron chi connectivity index (χ2n) is 3.00. The fourth-order valence-electron chi connectivity index (χ4n) is 0.926. The lowest BCUT2D eigenvalue weighted by Crippen LogP contribution is -2.29. The number of carbonyl (C=O) groups is 1. The fraction of sp³-hybridized carbons (Fsp3) is 0.222. The number of phenolic OH excluding ortho intramolecular Hbond substituents is 1. The Morgan fingerprint density at radius 3 is 2.71 bits per heavy atom. The van der Waals surface area contributed by atoms with Gasteiger partial charge in [-0.3, -0.25) is 9.63 Å². The average Bonchev–Trinajstić information content (AvgIpc) is 2.19. The zero-order valence-electron chi connectivity index (χ0n) is 8.21. The van der Waals surface area contributed by atoms with Crippen LogP contribution in [0.2, 0.25) is 5.02 Å². The van der Waals surface area contributed by atoms with Crippen molar-refractivity contribution in [2.75, 3.05) is 6.61 Å². The van der Waals surface area contributed by atoms with Crippen molar-refractivity contribution in [1.82, 2.24) is 5.48 Å². The molecule has 1 aromatic rings. The van der Waals surface area contributed by atoms with Crippen LogP contribution in [0.1, 0.15) is 10.4 Å². The average molecular weight is 270 g/mol. The number of benzene rings is 1. The molecule has 0 aliphatic heterocycles. The molecule has 0 aliphatic carbocycles. The summed E-state index contributed by atoms with van der Waals surface area (Å²) in [7, 11) is 0. The number of hydrogen-bond acceptors (Lipinski definition) is 3. The largest absolute Gasteiger partial charge is 0.508 e. The van der Waals surface area contributed by atoms with Gasteiger partial charge in [-0.2, -0.15) is 13.2 Å². The van der Waals surface area contributed by atoms with Gasteiger partial charge in [0.05, 0.1) is 10.6 Å². The number of hydrogen-bond donors (Lipinski definition) is 2. The lowest BCUT2D eigenvalue weighted by molar-refractivity contribution is -0.184. The molecule has 0 spiro atoms. The van der Waals surface area contributed by atoms with Crippen LogP contribution in [0, 0.1) is 0 Å². The fourth-order valence-corrected chi connectivity index (χ4v) is 1.13. The van der Waals surface area contributed by atoms with Gasteiger partial charge in [0.25, 0.3) is 5.91 Å². The number of amides is 1. The van der Waals surface area contributed by atoms with Crippen LogP contribution in [0.4, 0.5) is 13.2 Å². The molecule has 2 N–H and O–H groups in total. The quantitative estimate of drug-likeness (QED) is 0.828. The molecule has 1 amide bonds. The zero-order chi connectivity index (χ0) is 13.1. The highest BCUT2D eigenvalue weighted by atomic mass is 35.5. The number of phenols is 1. The van der Waals surface area contributed by atoms with E-state index in [-0.39, 0.29) is 16.3 Å². The molecular formula is C9H7ClF3NO3. The van der Waals surface area contributed by atoms with Gasteiger partial charge in [-0.25, -0.2) is 5.48 Å². The number of alkyl halides is 3. The van der Waals surface area contributed by atoms with Crippen LogP contribution in [0.25, 0.3) is 0 Å². The Bertz CT molecular complexity index is 422. The highest BCUT2D eigenvalue weighted by Crippen LogP contribution is 2.21. The number of carbonyl (C=O) groups excluding carboxylic acids is 1. The predicted molar refractivity (Wildman–Crippen MR) is 52.6 cm³/mol. The SMILES string of the molecule is O=C(NOCC(F)(F)F)c1cc(O)ccc1Cl. The summed E-state index contributed by atoms with van der Waals surface area (Å²) < 4.78 is 35.1. The van der Waals surface area contributed by atoms with Crippen molar-refractivity contribution in [2.24, 2.45) is 0 Å². The number of rotatable bonds is 3. The third kappa shape index (κ3) is 4.49. The molecular weight excluding hydrogens is 263 g/mol. The molecule has 0 aliphatic rings. The van der Waals surface area contributed by atoms with Gasteiger partial charge in [0.1, 0.15) is 5.75 Å². The Hall–Kier alpha value is -1.47. The highest BCUT2D eigenvalue weighted by molar-refractivity contribution is 6.33. The molecule has 0 atom stereocenters. The van der Waals surface area contributed by atoms with Crippen molar-refractivity contribution in [1.29, 1.82) is 0 Å². The normalized spacial score (nSPS) is 11.3. The van der Waals surface area contributed by atoms with E-state index in [0.717, 1.165) is 6.07 Å². The molecule has 0 aromatic heterocycles. The maximum Gasteiger partial charge on any atom is 0.414 e. The van der Waals surface area contributed by atoms with Crippen molar-refractivity contribution >= 4 is 17.5 Å². The van der Waals surface area contributed by atoms with E-state index in [9.17, 15) is 18.0 Å². The van der Waals surface area contributed by atoms with Crippen molar-refractivity contribution in [3.05, 3.63) is 28.8 Å². The predicted octanol–water partition coefficient (Wildman–Crippen LogP) is 2.27. The molecule has 0 bridgehead atoms. The zero-order valence-corrected chi connectivity index (χ0v) is 8.97. The van der Waals surface area contributed by atoms with Gasteiger partial charge in [-0.15, -0.1) is 0 Å². The van der Waals surface area contributed by atoms with Gasteiger partial charge in [0.15, 0.2) is 6.61 Å². The molecule has 17 heavy (non-hydrogen) atoms. The van der Waals surface area contributed by atoms with Gasteiger partial charge < -0.3 is 5.11 Å². The Morgan fingerprint density at radius 1 is 1.47 bits per heavy atom. The Morgan fingerprint density at radius 2 is 2.12 bits per heavy atom. The summed E-state index contributed by atoms with van der Waals surface area (Å²) in [5.41, 5.74) is 1.38. The first-order valence-corrected chi connectivity index (χ1v) is 4.65. The minimum atomic E-state index is -4.55. The topological polar surface area (TPSA) is 58.6 Å².